The molecule has 2 heteroatoms. The molecule has 0 aliphatic heterocycles. The van der Waals surface area contributed by atoms with Gasteiger partial charge in [-0.3, -0.25) is 0 Å². The maximum atomic E-state index is 12.3. The quantitative estimate of drug-likeness (QED) is 0.400. The highest BCUT2D eigenvalue weighted by Gasteiger charge is 2.30. The van der Waals surface area contributed by atoms with E-state index < -0.39 is 6.08 Å². The van der Waals surface area contributed by atoms with Crippen molar-refractivity contribution in [2.45, 2.75) is 96.8 Å². The Bertz CT molecular complexity index is 330. The molecule has 2 aliphatic rings. The molecule has 23 heavy (non-hydrogen) atoms. The molecule has 2 saturated carbocycles. The fourth-order valence-corrected chi connectivity index (χ4v) is 4.95. The topological polar surface area (TPSA) is 0 Å². The van der Waals surface area contributed by atoms with Crippen molar-refractivity contribution in [1.82, 2.24) is 0 Å². The maximum Gasteiger partial charge on any atom is 0.266 e. The minimum Gasteiger partial charge on any atom is -0.174 e. The third-order valence-electron chi connectivity index (χ3n) is 6.45. The molecule has 0 saturated heterocycles. The second-order valence-corrected chi connectivity index (χ2v) is 8.11. The minimum absolute atomic E-state index is 0.149. The van der Waals surface area contributed by atoms with E-state index in [1.54, 1.807) is 0 Å². The first-order valence-corrected chi connectivity index (χ1v) is 10.2. The van der Waals surface area contributed by atoms with Gasteiger partial charge < -0.3 is 0 Å². The van der Waals surface area contributed by atoms with Gasteiger partial charge in [0.1, 0.15) is 0 Å². The van der Waals surface area contributed by atoms with Crippen molar-refractivity contribution in [1.29, 1.82) is 0 Å². The van der Waals surface area contributed by atoms with Gasteiger partial charge in [0.15, 0.2) is 0 Å². The van der Waals surface area contributed by atoms with Crippen molar-refractivity contribution in [3.63, 3.8) is 0 Å². The van der Waals surface area contributed by atoms with Crippen molar-refractivity contribution >= 4 is 0 Å². The fourth-order valence-electron chi connectivity index (χ4n) is 4.95. The molecule has 134 valence electrons. The zero-order chi connectivity index (χ0) is 16.5. The first-order valence-electron chi connectivity index (χ1n) is 10.2. The maximum absolute atomic E-state index is 12.3. The average molecular weight is 327 g/mol. The van der Waals surface area contributed by atoms with Crippen molar-refractivity contribution in [3.05, 3.63) is 12.2 Å². The van der Waals surface area contributed by atoms with Crippen molar-refractivity contribution < 1.29 is 8.78 Å². The zero-order valence-electron chi connectivity index (χ0n) is 15.0. The highest BCUT2D eigenvalue weighted by Crippen LogP contribution is 2.42. The number of allylic oxidation sites excluding steroid dienone is 1. The molecule has 0 aromatic heterocycles. The first-order chi connectivity index (χ1) is 11.2. The monoisotopic (exact) mass is 326 g/mol. The second-order valence-electron chi connectivity index (χ2n) is 8.11. The third-order valence-corrected chi connectivity index (χ3v) is 6.45. The van der Waals surface area contributed by atoms with Crippen LogP contribution in [-0.2, 0) is 0 Å². The molecular weight excluding hydrogens is 290 g/mol. The first kappa shape index (κ1) is 18.9. The van der Waals surface area contributed by atoms with E-state index in [4.69, 9.17) is 0 Å². The lowest BCUT2D eigenvalue weighted by Crippen LogP contribution is -2.25. The molecule has 0 nitrogen and oxygen atoms in total. The highest BCUT2D eigenvalue weighted by atomic mass is 19.3. The average Bonchev–Trinajstić information content (AvgIpc) is 2.55. The van der Waals surface area contributed by atoms with E-state index >= 15 is 0 Å². The summed E-state index contributed by atoms with van der Waals surface area (Å²) in [5.41, 5.74) is 0. The molecule has 0 atom stereocenters. The highest BCUT2D eigenvalue weighted by molar-refractivity contribution is 4.92. The normalized spacial score (nSPS) is 31.8. The van der Waals surface area contributed by atoms with Crippen molar-refractivity contribution in [2.24, 2.45) is 23.7 Å². The standard InChI is InChI=1S/C21H36F2/c1-2-3-4-5-6-7-17-8-12-19(13-9-17)20-14-10-18(11-15-20)16-21(22)23/h16-20H,2-15H2,1H3. The molecule has 0 amide bonds. The molecule has 0 N–H and O–H groups in total. The second kappa shape index (κ2) is 10.5. The number of halogens is 2. The van der Waals surface area contributed by atoms with Gasteiger partial charge in [0, 0.05) is 0 Å². The van der Waals surface area contributed by atoms with Gasteiger partial charge in [-0.15, -0.1) is 0 Å². The molecule has 2 fully saturated rings. The Kier molecular flexibility index (Phi) is 8.61. The summed E-state index contributed by atoms with van der Waals surface area (Å²) in [6.45, 7) is 2.28. The molecule has 0 heterocycles. The van der Waals surface area contributed by atoms with Crippen LogP contribution in [0.5, 0.6) is 0 Å². The number of hydrogen-bond acceptors (Lipinski definition) is 0. The summed E-state index contributed by atoms with van der Waals surface area (Å²) in [5, 5.41) is 0. The van der Waals surface area contributed by atoms with E-state index in [1.807, 2.05) is 0 Å². The Balaban J connectivity index is 1.59. The predicted octanol–water partition coefficient (Wildman–Crippen LogP) is 7.74. The summed E-state index contributed by atoms with van der Waals surface area (Å²) < 4.78 is 24.7. The molecule has 0 aromatic rings. The smallest absolute Gasteiger partial charge is 0.174 e. The summed E-state index contributed by atoms with van der Waals surface area (Å²) in [7, 11) is 0. The third kappa shape index (κ3) is 6.93. The van der Waals surface area contributed by atoms with Gasteiger partial charge in [-0.1, -0.05) is 58.3 Å². The van der Waals surface area contributed by atoms with Gasteiger partial charge >= 0.3 is 0 Å². The molecule has 2 rings (SSSR count). The van der Waals surface area contributed by atoms with E-state index in [-0.39, 0.29) is 5.92 Å². The number of rotatable bonds is 8. The Morgan fingerprint density at radius 2 is 1.35 bits per heavy atom. The molecule has 0 radical (unpaired) electrons. The molecule has 2 aliphatic carbocycles. The van der Waals surface area contributed by atoms with E-state index in [0.717, 1.165) is 30.6 Å². The van der Waals surface area contributed by atoms with Gasteiger partial charge in [-0.2, -0.15) is 8.78 Å². The molecular formula is C21H36F2. The predicted molar refractivity (Wildman–Crippen MR) is 94.6 cm³/mol. The van der Waals surface area contributed by atoms with E-state index in [2.05, 4.69) is 6.92 Å². The molecule has 0 unspecified atom stereocenters. The Morgan fingerprint density at radius 3 is 1.91 bits per heavy atom. The van der Waals surface area contributed by atoms with Crippen LogP contribution in [0.2, 0.25) is 0 Å². The van der Waals surface area contributed by atoms with E-state index in [0.29, 0.717) is 0 Å². The lowest BCUT2D eigenvalue weighted by Gasteiger charge is -2.37. The Labute approximate surface area is 142 Å². The van der Waals surface area contributed by atoms with Crippen LogP contribution in [0.3, 0.4) is 0 Å². The van der Waals surface area contributed by atoms with Crippen LogP contribution in [-0.4, -0.2) is 0 Å². The summed E-state index contributed by atoms with van der Waals surface area (Å²) >= 11 is 0. The van der Waals surface area contributed by atoms with E-state index in [1.165, 1.54) is 83.1 Å². The largest absolute Gasteiger partial charge is 0.266 e. The summed E-state index contributed by atoms with van der Waals surface area (Å²) in [4.78, 5) is 0. The van der Waals surface area contributed by atoms with Crippen LogP contribution in [0, 0.1) is 23.7 Å². The molecule has 0 spiro atoms. The summed E-state index contributed by atoms with van der Waals surface area (Å²) in [6, 6.07) is 0. The summed E-state index contributed by atoms with van der Waals surface area (Å²) in [5.74, 6) is 2.85. The van der Waals surface area contributed by atoms with Gasteiger partial charge in [0.25, 0.3) is 6.08 Å². The van der Waals surface area contributed by atoms with Crippen LogP contribution < -0.4 is 0 Å². The lowest BCUT2D eigenvalue weighted by molar-refractivity contribution is 0.150. The minimum atomic E-state index is -1.48. The van der Waals surface area contributed by atoms with Gasteiger partial charge in [-0.05, 0) is 68.3 Å². The van der Waals surface area contributed by atoms with Crippen LogP contribution >= 0.6 is 0 Å². The van der Waals surface area contributed by atoms with Gasteiger partial charge in [0.05, 0.1) is 0 Å². The van der Waals surface area contributed by atoms with Crippen molar-refractivity contribution in [2.75, 3.05) is 0 Å². The van der Waals surface area contributed by atoms with Crippen LogP contribution in [0.25, 0.3) is 0 Å². The number of unbranched alkanes of at least 4 members (excludes halogenated alkanes) is 4. The summed E-state index contributed by atoms with van der Waals surface area (Å²) in [6.07, 6.45) is 18.2. The number of hydrogen-bond donors (Lipinski definition) is 0. The lowest BCUT2D eigenvalue weighted by atomic mass is 9.68. The van der Waals surface area contributed by atoms with Crippen LogP contribution in [0.4, 0.5) is 8.78 Å². The Morgan fingerprint density at radius 1 is 0.783 bits per heavy atom. The van der Waals surface area contributed by atoms with E-state index in [9.17, 15) is 8.78 Å². The fraction of sp³-hybridized carbons (Fsp3) is 0.905. The van der Waals surface area contributed by atoms with Crippen LogP contribution in [0.15, 0.2) is 12.2 Å². The van der Waals surface area contributed by atoms with Gasteiger partial charge in [-0.25, -0.2) is 0 Å². The molecule has 0 bridgehead atoms. The zero-order valence-corrected chi connectivity index (χ0v) is 15.0. The van der Waals surface area contributed by atoms with Crippen molar-refractivity contribution in [3.8, 4) is 0 Å². The SMILES string of the molecule is CCCCCCCC1CCC(C2CCC(C=C(F)F)CC2)CC1. The molecule has 0 aromatic carbocycles. The van der Waals surface area contributed by atoms with Gasteiger partial charge in [0.2, 0.25) is 0 Å². The Hall–Kier alpha value is -0.400. The van der Waals surface area contributed by atoms with Crippen LogP contribution in [0.1, 0.15) is 96.8 Å².